The zero-order chi connectivity index (χ0) is 16.2. The Balaban J connectivity index is 3.10. The smallest absolute Gasteiger partial charge is 0.311 e. The quantitative estimate of drug-likeness (QED) is 0.568. The number of halogens is 2. The average molecular weight is 363 g/mol. The molecule has 6 nitrogen and oxygen atoms in total. The summed E-state index contributed by atoms with van der Waals surface area (Å²) in [6.45, 7) is 3.45. The first-order valence-corrected chi connectivity index (χ1v) is 7.17. The van der Waals surface area contributed by atoms with Gasteiger partial charge in [-0.15, -0.1) is 0 Å². The van der Waals surface area contributed by atoms with Crippen LogP contribution in [-0.2, 0) is 4.79 Å². The van der Waals surface area contributed by atoms with E-state index >= 15 is 0 Å². The van der Waals surface area contributed by atoms with Gasteiger partial charge in [0.15, 0.2) is 0 Å². The molecule has 0 aliphatic heterocycles. The van der Waals surface area contributed by atoms with Gasteiger partial charge in [0.1, 0.15) is 11.5 Å². The fraction of sp³-hybridized carbons (Fsp3) is 0.462. The van der Waals surface area contributed by atoms with Crippen molar-refractivity contribution >= 4 is 33.3 Å². The van der Waals surface area contributed by atoms with E-state index in [1.807, 2.05) is 0 Å². The van der Waals surface area contributed by atoms with Crippen LogP contribution in [0.2, 0.25) is 0 Å². The van der Waals surface area contributed by atoms with Crippen LogP contribution in [-0.4, -0.2) is 22.5 Å². The highest BCUT2D eigenvalue weighted by molar-refractivity contribution is 9.10. The number of anilines is 1. The standard InChI is InChI=1S/C13H16BrFN2O4/c1-3-13(4-2,12(18)19)7-16-10-6-9(15)8(14)5-11(10)17(20)21/h5-6,16H,3-4,7H2,1-2H3,(H,18,19). The highest BCUT2D eigenvalue weighted by atomic mass is 79.9. The van der Waals surface area contributed by atoms with Gasteiger partial charge in [0, 0.05) is 18.7 Å². The minimum Gasteiger partial charge on any atom is -0.481 e. The van der Waals surface area contributed by atoms with Crippen molar-refractivity contribution in [2.24, 2.45) is 5.41 Å². The Morgan fingerprint density at radius 1 is 1.48 bits per heavy atom. The summed E-state index contributed by atoms with van der Waals surface area (Å²) in [5, 5.41) is 23.0. The minimum atomic E-state index is -1.04. The lowest BCUT2D eigenvalue weighted by Crippen LogP contribution is -2.37. The molecule has 1 rings (SSSR count). The van der Waals surface area contributed by atoms with Crippen molar-refractivity contribution < 1.29 is 19.2 Å². The third-order valence-corrected chi connectivity index (χ3v) is 4.27. The third kappa shape index (κ3) is 3.69. The van der Waals surface area contributed by atoms with Gasteiger partial charge in [-0.2, -0.15) is 0 Å². The van der Waals surface area contributed by atoms with Gasteiger partial charge in [-0.05, 0) is 28.8 Å². The number of nitrogens with one attached hydrogen (secondary N) is 1. The van der Waals surface area contributed by atoms with Crippen molar-refractivity contribution in [3.63, 3.8) is 0 Å². The van der Waals surface area contributed by atoms with Crippen LogP contribution in [0, 0.1) is 21.3 Å². The van der Waals surface area contributed by atoms with Crippen molar-refractivity contribution in [2.75, 3.05) is 11.9 Å². The van der Waals surface area contributed by atoms with Crippen LogP contribution in [0.4, 0.5) is 15.8 Å². The molecule has 8 heteroatoms. The molecule has 2 N–H and O–H groups in total. The fourth-order valence-electron chi connectivity index (χ4n) is 1.97. The molecule has 0 atom stereocenters. The van der Waals surface area contributed by atoms with Gasteiger partial charge in [-0.1, -0.05) is 13.8 Å². The van der Waals surface area contributed by atoms with Gasteiger partial charge in [0.2, 0.25) is 0 Å². The highest BCUT2D eigenvalue weighted by Gasteiger charge is 2.35. The Morgan fingerprint density at radius 2 is 2.05 bits per heavy atom. The fourth-order valence-corrected chi connectivity index (χ4v) is 2.30. The van der Waals surface area contributed by atoms with Crippen molar-refractivity contribution in [1.29, 1.82) is 0 Å². The Labute approximate surface area is 129 Å². The van der Waals surface area contributed by atoms with E-state index in [0.29, 0.717) is 12.8 Å². The summed E-state index contributed by atoms with van der Waals surface area (Å²) in [6, 6.07) is 2.04. The van der Waals surface area contributed by atoms with Crippen LogP contribution in [0.1, 0.15) is 26.7 Å². The third-order valence-electron chi connectivity index (χ3n) is 3.66. The number of benzene rings is 1. The van der Waals surface area contributed by atoms with E-state index in [1.54, 1.807) is 13.8 Å². The first kappa shape index (κ1) is 17.4. The minimum absolute atomic E-state index is 0.0166. The van der Waals surface area contributed by atoms with E-state index in [0.717, 1.165) is 12.1 Å². The van der Waals surface area contributed by atoms with Crippen molar-refractivity contribution in [3.8, 4) is 0 Å². The molecular weight excluding hydrogens is 347 g/mol. The summed E-state index contributed by atoms with van der Waals surface area (Å²) < 4.78 is 13.5. The molecule has 0 heterocycles. The maximum atomic E-state index is 13.5. The molecular formula is C13H16BrFN2O4. The number of nitro benzene ring substituents is 1. The van der Waals surface area contributed by atoms with Crippen molar-refractivity contribution in [3.05, 3.63) is 32.5 Å². The number of nitrogens with zero attached hydrogens (tertiary/aromatic N) is 1. The van der Waals surface area contributed by atoms with Crippen LogP contribution in [0.15, 0.2) is 16.6 Å². The molecule has 0 saturated carbocycles. The summed E-state index contributed by atoms with van der Waals surface area (Å²) in [7, 11) is 0. The normalized spacial score (nSPS) is 11.2. The lowest BCUT2D eigenvalue weighted by atomic mass is 9.82. The maximum Gasteiger partial charge on any atom is 0.311 e. The zero-order valence-corrected chi connectivity index (χ0v) is 13.2. The number of carboxylic acids is 1. The molecule has 0 fully saturated rings. The van der Waals surface area contributed by atoms with Gasteiger partial charge in [-0.25, -0.2) is 4.39 Å². The second kappa shape index (κ2) is 6.84. The lowest BCUT2D eigenvalue weighted by Gasteiger charge is -2.27. The molecule has 1 aromatic rings. The Kier molecular flexibility index (Phi) is 5.65. The topological polar surface area (TPSA) is 92.5 Å². The monoisotopic (exact) mass is 362 g/mol. The zero-order valence-electron chi connectivity index (χ0n) is 11.7. The second-order valence-corrected chi connectivity index (χ2v) is 5.54. The summed E-state index contributed by atoms with van der Waals surface area (Å²) in [4.78, 5) is 21.7. The van der Waals surface area contributed by atoms with E-state index in [-0.39, 0.29) is 22.4 Å². The summed E-state index contributed by atoms with van der Waals surface area (Å²) in [6.07, 6.45) is 0.720. The molecule has 0 aliphatic carbocycles. The molecule has 0 aliphatic rings. The Morgan fingerprint density at radius 3 is 2.48 bits per heavy atom. The van der Waals surface area contributed by atoms with Crippen LogP contribution in [0.3, 0.4) is 0 Å². The van der Waals surface area contributed by atoms with Gasteiger partial charge in [0.05, 0.1) is 14.8 Å². The molecule has 0 bridgehead atoms. The predicted octanol–water partition coefficient (Wildman–Crippen LogP) is 3.80. The summed E-state index contributed by atoms with van der Waals surface area (Å²) >= 11 is 2.89. The first-order chi connectivity index (χ1) is 9.77. The number of carbonyl (C=O) groups is 1. The van der Waals surface area contributed by atoms with E-state index in [4.69, 9.17) is 0 Å². The van der Waals surface area contributed by atoms with Crippen LogP contribution in [0.5, 0.6) is 0 Å². The number of hydrogen-bond acceptors (Lipinski definition) is 4. The largest absolute Gasteiger partial charge is 0.481 e. The van der Waals surface area contributed by atoms with Crippen molar-refractivity contribution in [2.45, 2.75) is 26.7 Å². The molecule has 0 radical (unpaired) electrons. The van der Waals surface area contributed by atoms with Gasteiger partial charge >= 0.3 is 5.97 Å². The van der Waals surface area contributed by atoms with Crippen molar-refractivity contribution in [1.82, 2.24) is 0 Å². The lowest BCUT2D eigenvalue weighted by molar-refractivity contribution is -0.384. The van der Waals surface area contributed by atoms with Gasteiger partial charge in [-0.3, -0.25) is 14.9 Å². The molecule has 0 amide bonds. The Bertz CT molecular complexity index is 561. The van der Waals surface area contributed by atoms with Crippen LogP contribution in [0.25, 0.3) is 0 Å². The SMILES string of the molecule is CCC(CC)(CNc1cc(F)c(Br)cc1[N+](=O)[O-])C(=O)O. The number of aliphatic carboxylic acids is 1. The van der Waals surface area contributed by atoms with Crippen LogP contribution < -0.4 is 5.32 Å². The first-order valence-electron chi connectivity index (χ1n) is 6.38. The van der Waals surface area contributed by atoms with Crippen LogP contribution >= 0.6 is 15.9 Å². The van der Waals surface area contributed by atoms with E-state index in [9.17, 15) is 24.4 Å². The summed E-state index contributed by atoms with van der Waals surface area (Å²) in [5.41, 5.74) is -1.39. The average Bonchev–Trinajstić information content (AvgIpc) is 2.43. The summed E-state index contributed by atoms with van der Waals surface area (Å²) in [5.74, 6) is -1.64. The van der Waals surface area contributed by atoms with Gasteiger partial charge < -0.3 is 10.4 Å². The molecule has 1 aromatic carbocycles. The molecule has 0 saturated heterocycles. The van der Waals surface area contributed by atoms with Gasteiger partial charge in [0.25, 0.3) is 5.69 Å². The number of carboxylic acid groups (broad SMARTS) is 1. The number of hydrogen-bond donors (Lipinski definition) is 2. The number of rotatable bonds is 7. The maximum absolute atomic E-state index is 13.5. The highest BCUT2D eigenvalue weighted by Crippen LogP contribution is 2.33. The van der Waals surface area contributed by atoms with E-state index in [2.05, 4.69) is 21.2 Å². The Hall–Kier alpha value is -1.70. The molecule has 21 heavy (non-hydrogen) atoms. The molecule has 0 aromatic heterocycles. The molecule has 116 valence electrons. The predicted molar refractivity (Wildman–Crippen MR) is 79.9 cm³/mol. The molecule has 0 spiro atoms. The number of nitro groups is 1. The second-order valence-electron chi connectivity index (χ2n) is 4.69. The van der Waals surface area contributed by atoms with E-state index < -0.39 is 22.1 Å². The van der Waals surface area contributed by atoms with E-state index in [1.165, 1.54) is 0 Å². The molecule has 0 unspecified atom stereocenters.